The van der Waals surface area contributed by atoms with Crippen LogP contribution in [0.3, 0.4) is 0 Å². The molecule has 3 N–H and O–H groups in total. The van der Waals surface area contributed by atoms with Crippen molar-refractivity contribution in [3.05, 3.63) is 36.4 Å². The van der Waals surface area contributed by atoms with Gasteiger partial charge in [-0.3, -0.25) is 5.32 Å². The highest BCUT2D eigenvalue weighted by Crippen LogP contribution is 2.33. The summed E-state index contributed by atoms with van der Waals surface area (Å²) in [5.74, 6) is -0.101. The fourth-order valence-electron chi connectivity index (χ4n) is 2.14. The summed E-state index contributed by atoms with van der Waals surface area (Å²) >= 11 is 0. The fraction of sp³-hybridized carbons (Fsp3) is 0.278. The van der Waals surface area contributed by atoms with E-state index in [0.717, 1.165) is 0 Å². The first-order valence-corrected chi connectivity index (χ1v) is 8.57. The third kappa shape index (κ3) is 5.40. The van der Waals surface area contributed by atoms with E-state index < -0.39 is 12.2 Å². The number of hydrogen-bond donors (Lipinski definition) is 2. The molecule has 148 valence electrons. The number of nitrogen functional groups attached to an aromatic ring is 1. The first-order valence-electron chi connectivity index (χ1n) is 8.57. The number of hydrogen-bond acceptors (Lipinski definition) is 8. The van der Waals surface area contributed by atoms with E-state index in [4.69, 9.17) is 10.5 Å². The zero-order valence-corrected chi connectivity index (χ0v) is 15.9. The van der Waals surface area contributed by atoms with Crippen molar-refractivity contribution < 1.29 is 19.1 Å². The molecule has 10 heteroatoms. The van der Waals surface area contributed by atoms with Gasteiger partial charge in [-0.05, 0) is 26.0 Å². The molecule has 1 aromatic carbocycles. The molecule has 0 radical (unpaired) electrons. The lowest BCUT2D eigenvalue weighted by molar-refractivity contribution is 0.157. The van der Waals surface area contributed by atoms with Gasteiger partial charge in [-0.2, -0.15) is 5.11 Å². The Bertz CT molecular complexity index is 853. The lowest BCUT2D eigenvalue weighted by Gasteiger charge is -2.19. The van der Waals surface area contributed by atoms with Gasteiger partial charge in [-0.1, -0.05) is 18.2 Å². The Labute approximate surface area is 162 Å². The predicted molar refractivity (Wildman–Crippen MR) is 104 cm³/mol. The number of pyridine rings is 1. The smallest absolute Gasteiger partial charge is 0.415 e. The molecule has 0 aliphatic heterocycles. The van der Waals surface area contributed by atoms with Gasteiger partial charge >= 0.3 is 12.2 Å². The van der Waals surface area contributed by atoms with Crippen LogP contribution in [0.4, 0.5) is 32.6 Å². The SMILES string of the molecule is CCN(CC)C(=O)Oc1cc(N=Nc2ccccc2)c(N)nc1NC(=O)OC. The summed E-state index contributed by atoms with van der Waals surface area (Å²) < 4.78 is 9.94. The van der Waals surface area contributed by atoms with Crippen LogP contribution in [0, 0.1) is 0 Å². The summed E-state index contributed by atoms with van der Waals surface area (Å²) in [6.45, 7) is 4.55. The Kier molecular flexibility index (Phi) is 7.26. The number of methoxy groups -OCH3 is 1. The van der Waals surface area contributed by atoms with Gasteiger partial charge in [0.25, 0.3) is 0 Å². The number of amides is 2. The molecular weight excluding hydrogens is 364 g/mol. The van der Waals surface area contributed by atoms with Gasteiger partial charge in [-0.15, -0.1) is 5.11 Å². The Morgan fingerprint density at radius 2 is 1.86 bits per heavy atom. The number of benzene rings is 1. The maximum absolute atomic E-state index is 12.3. The van der Waals surface area contributed by atoms with Gasteiger partial charge < -0.3 is 20.1 Å². The molecule has 0 saturated carbocycles. The average molecular weight is 386 g/mol. The zero-order valence-electron chi connectivity index (χ0n) is 15.9. The second kappa shape index (κ2) is 9.86. The van der Waals surface area contributed by atoms with Crippen molar-refractivity contribution in [2.24, 2.45) is 10.2 Å². The Hall–Kier alpha value is -3.69. The molecular formula is C18H22N6O4. The maximum atomic E-state index is 12.3. The summed E-state index contributed by atoms with van der Waals surface area (Å²) in [5.41, 5.74) is 6.70. The van der Waals surface area contributed by atoms with Crippen LogP contribution in [0.25, 0.3) is 0 Å². The summed E-state index contributed by atoms with van der Waals surface area (Å²) in [6, 6.07) is 10.4. The van der Waals surface area contributed by atoms with Gasteiger partial charge in [0.1, 0.15) is 5.69 Å². The molecule has 0 unspecified atom stereocenters. The van der Waals surface area contributed by atoms with E-state index in [1.54, 1.807) is 12.1 Å². The Morgan fingerprint density at radius 1 is 1.18 bits per heavy atom. The third-order valence-electron chi connectivity index (χ3n) is 3.65. The topological polar surface area (TPSA) is 132 Å². The van der Waals surface area contributed by atoms with E-state index in [1.165, 1.54) is 18.1 Å². The molecule has 2 rings (SSSR count). The Balaban J connectivity index is 2.38. The first-order chi connectivity index (χ1) is 13.5. The minimum Gasteiger partial charge on any atom is -0.453 e. The summed E-state index contributed by atoms with van der Waals surface area (Å²) in [5, 5.41) is 10.5. The van der Waals surface area contributed by atoms with Crippen molar-refractivity contribution in [1.29, 1.82) is 0 Å². The van der Waals surface area contributed by atoms with Crippen molar-refractivity contribution in [2.75, 3.05) is 31.2 Å². The Morgan fingerprint density at radius 3 is 2.46 bits per heavy atom. The molecule has 1 aromatic heterocycles. The predicted octanol–water partition coefficient (Wildman–Crippen LogP) is 4.10. The molecule has 28 heavy (non-hydrogen) atoms. The number of nitrogens with two attached hydrogens (primary N) is 1. The molecule has 0 atom stereocenters. The normalized spacial score (nSPS) is 10.5. The highest BCUT2D eigenvalue weighted by atomic mass is 16.6. The number of aromatic nitrogens is 1. The van der Waals surface area contributed by atoms with Gasteiger partial charge in [0, 0.05) is 19.2 Å². The fourth-order valence-corrected chi connectivity index (χ4v) is 2.14. The van der Waals surface area contributed by atoms with Crippen molar-refractivity contribution in [2.45, 2.75) is 13.8 Å². The van der Waals surface area contributed by atoms with E-state index >= 15 is 0 Å². The second-order valence-electron chi connectivity index (χ2n) is 5.43. The highest BCUT2D eigenvalue weighted by Gasteiger charge is 2.19. The highest BCUT2D eigenvalue weighted by molar-refractivity contribution is 5.87. The maximum Gasteiger partial charge on any atom is 0.415 e. The number of azo groups is 1. The van der Waals surface area contributed by atoms with Gasteiger partial charge in [-0.25, -0.2) is 14.6 Å². The van der Waals surface area contributed by atoms with Crippen molar-refractivity contribution in [3.8, 4) is 5.75 Å². The van der Waals surface area contributed by atoms with Crippen LogP contribution < -0.4 is 15.8 Å². The molecule has 0 aliphatic carbocycles. The monoisotopic (exact) mass is 386 g/mol. The number of carbonyl (C=O) groups excluding carboxylic acids is 2. The van der Waals surface area contributed by atoms with Crippen molar-refractivity contribution >= 4 is 35.2 Å². The minimum atomic E-state index is -0.786. The van der Waals surface area contributed by atoms with Gasteiger partial charge in [0.05, 0.1) is 12.8 Å². The molecule has 0 aliphatic rings. The lowest BCUT2D eigenvalue weighted by atomic mass is 10.3. The van der Waals surface area contributed by atoms with Crippen LogP contribution >= 0.6 is 0 Å². The van der Waals surface area contributed by atoms with Crippen LogP contribution in [0.1, 0.15) is 13.8 Å². The van der Waals surface area contributed by atoms with Crippen molar-refractivity contribution in [1.82, 2.24) is 9.88 Å². The molecule has 0 saturated heterocycles. The van der Waals surface area contributed by atoms with E-state index in [-0.39, 0.29) is 23.1 Å². The van der Waals surface area contributed by atoms with Gasteiger partial charge in [0.15, 0.2) is 17.4 Å². The largest absolute Gasteiger partial charge is 0.453 e. The average Bonchev–Trinajstić information content (AvgIpc) is 2.70. The molecule has 0 fully saturated rings. The number of ether oxygens (including phenoxy) is 2. The number of carbonyl (C=O) groups is 2. The third-order valence-corrected chi connectivity index (χ3v) is 3.65. The molecule has 0 bridgehead atoms. The quantitative estimate of drug-likeness (QED) is 0.719. The first kappa shape index (κ1) is 20.6. The molecule has 0 spiro atoms. The minimum absolute atomic E-state index is 0.00581. The number of nitrogens with zero attached hydrogens (tertiary/aromatic N) is 4. The number of rotatable bonds is 6. The van der Waals surface area contributed by atoms with Crippen LogP contribution in [0.2, 0.25) is 0 Å². The number of anilines is 2. The second-order valence-corrected chi connectivity index (χ2v) is 5.43. The molecule has 10 nitrogen and oxygen atoms in total. The van der Waals surface area contributed by atoms with Crippen LogP contribution in [0.15, 0.2) is 46.6 Å². The van der Waals surface area contributed by atoms with E-state index in [9.17, 15) is 9.59 Å². The number of nitrogens with one attached hydrogen (secondary N) is 1. The molecule has 2 amide bonds. The van der Waals surface area contributed by atoms with Crippen LogP contribution in [0.5, 0.6) is 5.75 Å². The zero-order chi connectivity index (χ0) is 20.5. The summed E-state index contributed by atoms with van der Waals surface area (Å²) in [4.78, 5) is 29.4. The van der Waals surface area contributed by atoms with Crippen LogP contribution in [-0.2, 0) is 4.74 Å². The van der Waals surface area contributed by atoms with Crippen LogP contribution in [-0.4, -0.2) is 42.3 Å². The molecule has 2 aromatic rings. The standard InChI is InChI=1S/C18H22N6O4/c1-4-24(5-2)18(26)28-14-11-13(23-22-12-9-7-6-8-10-12)15(19)20-16(14)21-17(25)27-3/h6-11H,4-5H2,1-3H3,(H3,19,20,21,25). The summed E-state index contributed by atoms with van der Waals surface area (Å²) in [6.07, 6.45) is -1.39. The van der Waals surface area contributed by atoms with E-state index in [0.29, 0.717) is 18.8 Å². The molecule has 1 heterocycles. The summed E-state index contributed by atoms with van der Waals surface area (Å²) in [7, 11) is 1.20. The lowest BCUT2D eigenvalue weighted by Crippen LogP contribution is -2.33. The van der Waals surface area contributed by atoms with E-state index in [2.05, 4.69) is 25.3 Å². The van der Waals surface area contributed by atoms with E-state index in [1.807, 2.05) is 32.0 Å². The van der Waals surface area contributed by atoms with Gasteiger partial charge in [0.2, 0.25) is 0 Å². The van der Waals surface area contributed by atoms with Crippen molar-refractivity contribution in [3.63, 3.8) is 0 Å².